The molecule has 1 fully saturated rings. The molecule has 3 aromatic carbocycles. The third-order valence-corrected chi connectivity index (χ3v) is 8.31. The fraction of sp³-hybridized carbons (Fsp3) is 0.444. The highest BCUT2D eigenvalue weighted by atomic mass is 16.1. The molecule has 0 atom stereocenters. The highest BCUT2D eigenvalue weighted by molar-refractivity contribution is 5.99. The van der Waals surface area contributed by atoms with E-state index in [4.69, 9.17) is 0 Å². The van der Waals surface area contributed by atoms with Gasteiger partial charge >= 0.3 is 0 Å². The van der Waals surface area contributed by atoms with Crippen LogP contribution >= 0.6 is 0 Å². The highest BCUT2D eigenvalue weighted by Crippen LogP contribution is 2.36. The average Bonchev–Trinajstić information content (AvgIpc) is 2.88. The number of Topliss-reactive ketones (excluding diaryl/α,β-unsaturated/α-hetero) is 1. The maximum atomic E-state index is 13.5. The zero-order chi connectivity index (χ0) is 28.2. The molecule has 4 rings (SSSR count). The van der Waals surface area contributed by atoms with Crippen LogP contribution in [0.2, 0.25) is 0 Å². The standard InChI is InChI=1S/C36H44N2O/c1-26-7-8-31(19-27(26)2)25-38-17-15-36(6,16-18-38)23-32-20-30(24-37)13-14-33(32)34(39)21-28-9-11-29(12-10-28)22-35(3,4)5/h7-14,19-20H,15-18,21-23,25H2,1-6H3. The predicted molar refractivity (Wildman–Crippen MR) is 161 cm³/mol. The van der Waals surface area contributed by atoms with Gasteiger partial charge in [-0.2, -0.15) is 5.26 Å². The fourth-order valence-electron chi connectivity index (χ4n) is 5.80. The summed E-state index contributed by atoms with van der Waals surface area (Å²) in [5.74, 6) is 0.133. The summed E-state index contributed by atoms with van der Waals surface area (Å²) in [6.07, 6.45) is 4.39. The number of nitriles is 1. The first-order valence-electron chi connectivity index (χ1n) is 14.4. The van der Waals surface area contributed by atoms with Crippen molar-refractivity contribution in [2.24, 2.45) is 10.8 Å². The van der Waals surface area contributed by atoms with Gasteiger partial charge in [-0.1, -0.05) is 70.2 Å². The molecule has 0 spiro atoms. The Bertz CT molecular complexity index is 1350. The normalized spacial score (nSPS) is 15.6. The summed E-state index contributed by atoms with van der Waals surface area (Å²) in [5.41, 5.74) is 9.18. The average molecular weight is 521 g/mol. The second-order valence-corrected chi connectivity index (χ2v) is 13.3. The van der Waals surface area contributed by atoms with Crippen molar-refractivity contribution in [2.45, 2.75) is 80.2 Å². The summed E-state index contributed by atoms with van der Waals surface area (Å²) in [6.45, 7) is 16.5. The van der Waals surface area contributed by atoms with Crippen LogP contribution in [0, 0.1) is 36.0 Å². The molecule has 3 aromatic rings. The van der Waals surface area contributed by atoms with E-state index in [1.54, 1.807) is 6.07 Å². The zero-order valence-electron chi connectivity index (χ0n) is 24.7. The van der Waals surface area contributed by atoms with E-state index < -0.39 is 0 Å². The van der Waals surface area contributed by atoms with Gasteiger partial charge in [0.2, 0.25) is 0 Å². The molecule has 39 heavy (non-hydrogen) atoms. The second kappa shape index (κ2) is 11.9. The van der Waals surface area contributed by atoms with Crippen LogP contribution in [0.15, 0.2) is 60.7 Å². The minimum atomic E-state index is 0.109. The summed E-state index contributed by atoms with van der Waals surface area (Å²) >= 11 is 0. The molecular formula is C36H44N2O. The van der Waals surface area contributed by atoms with E-state index in [0.717, 1.165) is 62.0 Å². The summed E-state index contributed by atoms with van der Waals surface area (Å²) in [5, 5.41) is 9.57. The number of nitrogens with zero attached hydrogens (tertiary/aromatic N) is 2. The Morgan fingerprint density at radius 2 is 1.54 bits per heavy atom. The molecule has 0 radical (unpaired) electrons. The zero-order valence-corrected chi connectivity index (χ0v) is 24.7. The topological polar surface area (TPSA) is 44.1 Å². The Balaban J connectivity index is 1.43. The number of aryl methyl sites for hydroxylation is 2. The van der Waals surface area contributed by atoms with Gasteiger partial charge in [0.05, 0.1) is 11.6 Å². The fourth-order valence-corrected chi connectivity index (χ4v) is 5.80. The summed E-state index contributed by atoms with van der Waals surface area (Å²) in [6, 6.07) is 23.2. The molecule has 1 saturated heterocycles. The van der Waals surface area contributed by atoms with E-state index >= 15 is 0 Å². The summed E-state index contributed by atoms with van der Waals surface area (Å²) in [4.78, 5) is 16.1. The van der Waals surface area contributed by atoms with E-state index in [9.17, 15) is 10.1 Å². The van der Waals surface area contributed by atoms with Crippen molar-refractivity contribution in [3.8, 4) is 6.07 Å². The lowest BCUT2D eigenvalue weighted by atomic mass is 9.74. The van der Waals surface area contributed by atoms with Crippen molar-refractivity contribution in [1.29, 1.82) is 5.26 Å². The number of likely N-dealkylation sites (tertiary alicyclic amines) is 1. The molecule has 0 aromatic heterocycles. The van der Waals surface area contributed by atoms with Gasteiger partial charge in [0, 0.05) is 18.5 Å². The molecule has 204 valence electrons. The predicted octanol–water partition coefficient (Wildman–Crippen LogP) is 8.03. The number of rotatable bonds is 8. The molecule has 0 amide bonds. The Kier molecular flexibility index (Phi) is 8.77. The molecule has 0 aliphatic carbocycles. The van der Waals surface area contributed by atoms with Crippen LogP contribution in [0.3, 0.4) is 0 Å². The molecule has 0 bridgehead atoms. The van der Waals surface area contributed by atoms with Gasteiger partial charge in [-0.05, 0) is 115 Å². The molecule has 3 heteroatoms. The molecule has 1 aliphatic heterocycles. The number of benzene rings is 3. The van der Waals surface area contributed by atoms with Crippen molar-refractivity contribution in [3.05, 3.63) is 105 Å². The maximum Gasteiger partial charge on any atom is 0.167 e. The maximum absolute atomic E-state index is 13.5. The molecule has 1 heterocycles. The van der Waals surface area contributed by atoms with Crippen molar-refractivity contribution < 1.29 is 4.79 Å². The Hall–Kier alpha value is -3.22. The van der Waals surface area contributed by atoms with Crippen molar-refractivity contribution in [3.63, 3.8) is 0 Å². The molecule has 0 unspecified atom stereocenters. The second-order valence-electron chi connectivity index (χ2n) is 13.3. The van der Waals surface area contributed by atoms with E-state index in [0.29, 0.717) is 12.0 Å². The van der Waals surface area contributed by atoms with E-state index in [2.05, 4.69) is 95.0 Å². The SMILES string of the molecule is Cc1ccc(CN2CCC(C)(Cc3cc(C#N)ccc3C(=O)Cc3ccc(CC(C)(C)C)cc3)CC2)cc1C. The van der Waals surface area contributed by atoms with Crippen LogP contribution in [0.5, 0.6) is 0 Å². The number of ketones is 1. The van der Waals surface area contributed by atoms with Crippen LogP contribution in [-0.4, -0.2) is 23.8 Å². The van der Waals surface area contributed by atoms with E-state index in [1.807, 2.05) is 12.1 Å². The third kappa shape index (κ3) is 7.90. The number of hydrogen-bond acceptors (Lipinski definition) is 3. The summed E-state index contributed by atoms with van der Waals surface area (Å²) < 4.78 is 0. The highest BCUT2D eigenvalue weighted by Gasteiger charge is 2.31. The number of carbonyl (C=O) groups excluding carboxylic acids is 1. The minimum Gasteiger partial charge on any atom is -0.299 e. The molecular weight excluding hydrogens is 476 g/mol. The van der Waals surface area contributed by atoms with Crippen molar-refractivity contribution in [1.82, 2.24) is 4.90 Å². The smallest absolute Gasteiger partial charge is 0.167 e. The van der Waals surface area contributed by atoms with Gasteiger partial charge in [0.1, 0.15) is 0 Å². The van der Waals surface area contributed by atoms with E-state index in [1.165, 1.54) is 22.3 Å². The lowest BCUT2D eigenvalue weighted by molar-refractivity contribution is 0.0986. The van der Waals surface area contributed by atoms with Crippen LogP contribution in [0.4, 0.5) is 0 Å². The van der Waals surface area contributed by atoms with Crippen LogP contribution in [-0.2, 0) is 25.8 Å². The Morgan fingerprint density at radius 3 is 2.15 bits per heavy atom. The van der Waals surface area contributed by atoms with Crippen LogP contribution in [0.25, 0.3) is 0 Å². The molecule has 1 aliphatic rings. The van der Waals surface area contributed by atoms with E-state index in [-0.39, 0.29) is 16.6 Å². The van der Waals surface area contributed by atoms with Gasteiger partial charge < -0.3 is 0 Å². The molecule has 3 nitrogen and oxygen atoms in total. The lowest BCUT2D eigenvalue weighted by Gasteiger charge is -2.40. The largest absolute Gasteiger partial charge is 0.299 e. The Morgan fingerprint density at radius 1 is 0.897 bits per heavy atom. The first-order chi connectivity index (χ1) is 18.4. The Labute approximate surface area is 235 Å². The minimum absolute atomic E-state index is 0.109. The van der Waals surface area contributed by atoms with Gasteiger partial charge in [-0.25, -0.2) is 0 Å². The lowest BCUT2D eigenvalue weighted by Crippen LogP contribution is -2.39. The third-order valence-electron chi connectivity index (χ3n) is 8.31. The first-order valence-corrected chi connectivity index (χ1v) is 14.4. The number of piperidine rings is 1. The van der Waals surface area contributed by atoms with Crippen LogP contribution < -0.4 is 0 Å². The molecule has 0 N–H and O–H groups in total. The van der Waals surface area contributed by atoms with Gasteiger partial charge in [-0.3, -0.25) is 9.69 Å². The monoisotopic (exact) mass is 520 g/mol. The van der Waals surface area contributed by atoms with Crippen molar-refractivity contribution in [2.75, 3.05) is 13.1 Å². The van der Waals surface area contributed by atoms with Crippen molar-refractivity contribution >= 4 is 5.78 Å². The van der Waals surface area contributed by atoms with Gasteiger partial charge in [0.25, 0.3) is 0 Å². The number of hydrogen-bond donors (Lipinski definition) is 0. The molecule has 0 saturated carbocycles. The first kappa shape index (κ1) is 28.8. The van der Waals surface area contributed by atoms with Crippen LogP contribution in [0.1, 0.15) is 89.8 Å². The summed E-state index contributed by atoms with van der Waals surface area (Å²) in [7, 11) is 0. The quantitative estimate of drug-likeness (QED) is 0.282. The van der Waals surface area contributed by atoms with Gasteiger partial charge in [-0.15, -0.1) is 0 Å². The van der Waals surface area contributed by atoms with Gasteiger partial charge in [0.15, 0.2) is 5.78 Å². The number of carbonyl (C=O) groups is 1.